The summed E-state index contributed by atoms with van der Waals surface area (Å²) in [6.45, 7) is 1.95. The van der Waals surface area contributed by atoms with Crippen molar-refractivity contribution in [2.75, 3.05) is 19.6 Å². The van der Waals surface area contributed by atoms with Gasteiger partial charge in [-0.25, -0.2) is 8.78 Å². The zero-order chi connectivity index (χ0) is 20.5. The molecule has 11 heteroatoms. The Hall–Kier alpha value is -2.56. The normalized spacial score (nSPS) is 18.2. The minimum Gasteiger partial charge on any atom is -0.348 e. The first-order chi connectivity index (χ1) is 13.0. The fraction of sp³-hybridized carbons (Fsp3) is 0.471. The zero-order valence-corrected chi connectivity index (χ0v) is 14.8. The molecule has 1 fully saturated rings. The summed E-state index contributed by atoms with van der Waals surface area (Å²) in [5.74, 6) is -4.82. The van der Waals surface area contributed by atoms with Crippen LogP contribution in [0.4, 0.5) is 22.0 Å². The van der Waals surface area contributed by atoms with Crippen LogP contribution in [0.2, 0.25) is 0 Å². The SMILES string of the molecule is C[C@H](CN1CCC(F)(F)C1)NC(=O)c1ccc(-c2noc(C(F)(F)F)n2)cc1. The smallest absolute Gasteiger partial charge is 0.348 e. The van der Waals surface area contributed by atoms with Gasteiger partial charge in [-0.3, -0.25) is 9.69 Å². The lowest BCUT2D eigenvalue weighted by Crippen LogP contribution is -2.41. The maximum atomic E-state index is 13.2. The minimum atomic E-state index is -4.74. The number of likely N-dealkylation sites (tertiary alicyclic amines) is 1. The molecule has 28 heavy (non-hydrogen) atoms. The molecule has 0 unspecified atom stereocenters. The Labute approximate surface area is 156 Å². The van der Waals surface area contributed by atoms with Crippen molar-refractivity contribution < 1.29 is 31.3 Å². The first kappa shape index (κ1) is 20.2. The van der Waals surface area contributed by atoms with Crippen molar-refractivity contribution in [1.82, 2.24) is 20.4 Å². The van der Waals surface area contributed by atoms with Crippen LogP contribution in [0.25, 0.3) is 11.4 Å². The Balaban J connectivity index is 1.58. The predicted molar refractivity (Wildman–Crippen MR) is 87.7 cm³/mol. The van der Waals surface area contributed by atoms with Gasteiger partial charge in [0.15, 0.2) is 0 Å². The van der Waals surface area contributed by atoms with Gasteiger partial charge >= 0.3 is 12.1 Å². The molecule has 1 amide bonds. The maximum absolute atomic E-state index is 13.2. The second-order valence-electron chi connectivity index (χ2n) is 6.71. The fourth-order valence-corrected chi connectivity index (χ4v) is 2.93. The Morgan fingerprint density at radius 3 is 2.54 bits per heavy atom. The second kappa shape index (κ2) is 7.46. The molecule has 1 aliphatic heterocycles. The Morgan fingerprint density at radius 2 is 2.00 bits per heavy atom. The number of nitrogens with zero attached hydrogens (tertiary/aromatic N) is 3. The van der Waals surface area contributed by atoms with Gasteiger partial charge in [0.2, 0.25) is 5.82 Å². The van der Waals surface area contributed by atoms with E-state index in [9.17, 15) is 26.7 Å². The van der Waals surface area contributed by atoms with Gasteiger partial charge in [0.05, 0.1) is 6.54 Å². The predicted octanol–water partition coefficient (Wildman–Crippen LogP) is 3.21. The lowest BCUT2D eigenvalue weighted by atomic mass is 10.1. The molecule has 1 aromatic heterocycles. The van der Waals surface area contributed by atoms with Gasteiger partial charge < -0.3 is 9.84 Å². The van der Waals surface area contributed by atoms with Gasteiger partial charge in [-0.1, -0.05) is 17.3 Å². The van der Waals surface area contributed by atoms with Crippen molar-refractivity contribution >= 4 is 5.91 Å². The summed E-state index contributed by atoms with van der Waals surface area (Å²) >= 11 is 0. The van der Waals surface area contributed by atoms with Crippen LogP contribution in [-0.4, -0.2) is 52.5 Å². The minimum absolute atomic E-state index is 0.193. The summed E-state index contributed by atoms with van der Waals surface area (Å²) in [5, 5.41) is 5.98. The molecular formula is C17H17F5N4O2. The van der Waals surface area contributed by atoms with E-state index in [1.165, 1.54) is 24.3 Å². The van der Waals surface area contributed by atoms with E-state index in [4.69, 9.17) is 0 Å². The number of hydrogen-bond acceptors (Lipinski definition) is 5. The molecule has 152 valence electrons. The molecule has 3 rings (SSSR count). The van der Waals surface area contributed by atoms with E-state index in [-0.39, 0.29) is 42.5 Å². The van der Waals surface area contributed by atoms with E-state index < -0.39 is 23.9 Å². The molecule has 0 aliphatic carbocycles. The molecular weight excluding hydrogens is 387 g/mol. The number of halogens is 5. The van der Waals surface area contributed by atoms with Crippen LogP contribution in [0, 0.1) is 0 Å². The van der Waals surface area contributed by atoms with Crippen LogP contribution >= 0.6 is 0 Å². The number of carbonyl (C=O) groups is 1. The average molecular weight is 404 g/mol. The Morgan fingerprint density at radius 1 is 1.32 bits per heavy atom. The molecule has 1 saturated heterocycles. The first-order valence-corrected chi connectivity index (χ1v) is 8.46. The van der Waals surface area contributed by atoms with E-state index in [1.807, 2.05) is 0 Å². The third kappa shape index (κ3) is 4.83. The number of rotatable bonds is 5. The highest BCUT2D eigenvalue weighted by Crippen LogP contribution is 2.29. The highest BCUT2D eigenvalue weighted by Gasteiger charge is 2.39. The van der Waals surface area contributed by atoms with Crippen LogP contribution in [-0.2, 0) is 6.18 Å². The fourth-order valence-electron chi connectivity index (χ4n) is 2.93. The lowest BCUT2D eigenvalue weighted by Gasteiger charge is -2.21. The molecule has 0 spiro atoms. The highest BCUT2D eigenvalue weighted by molar-refractivity contribution is 5.94. The summed E-state index contributed by atoms with van der Waals surface area (Å²) < 4.78 is 68.1. The van der Waals surface area contributed by atoms with E-state index in [1.54, 1.807) is 11.8 Å². The molecule has 0 radical (unpaired) electrons. The largest absolute Gasteiger partial charge is 0.471 e. The van der Waals surface area contributed by atoms with Crippen LogP contribution in [0.3, 0.4) is 0 Å². The number of carbonyl (C=O) groups excluding carboxylic acids is 1. The molecule has 1 aromatic carbocycles. The van der Waals surface area contributed by atoms with Crippen molar-refractivity contribution in [3.8, 4) is 11.4 Å². The van der Waals surface area contributed by atoms with E-state index >= 15 is 0 Å². The van der Waals surface area contributed by atoms with Gasteiger partial charge in [-0.05, 0) is 19.1 Å². The third-order valence-corrected chi connectivity index (χ3v) is 4.23. The molecule has 2 aromatic rings. The summed E-state index contributed by atoms with van der Waals surface area (Å²) in [4.78, 5) is 17.1. The molecule has 2 heterocycles. The molecule has 6 nitrogen and oxygen atoms in total. The Kier molecular flexibility index (Phi) is 5.37. The topological polar surface area (TPSA) is 71.3 Å². The van der Waals surface area contributed by atoms with Crippen LogP contribution in [0.5, 0.6) is 0 Å². The van der Waals surface area contributed by atoms with Crippen molar-refractivity contribution in [2.24, 2.45) is 0 Å². The number of alkyl halides is 5. The monoisotopic (exact) mass is 404 g/mol. The van der Waals surface area contributed by atoms with Crippen LogP contribution in [0.1, 0.15) is 29.6 Å². The zero-order valence-electron chi connectivity index (χ0n) is 14.8. The van der Waals surface area contributed by atoms with Gasteiger partial charge in [0.1, 0.15) is 0 Å². The van der Waals surface area contributed by atoms with E-state index in [2.05, 4.69) is 20.0 Å². The number of aromatic nitrogens is 2. The number of benzene rings is 1. The van der Waals surface area contributed by atoms with Crippen molar-refractivity contribution in [3.63, 3.8) is 0 Å². The quantitative estimate of drug-likeness (QED) is 0.775. The number of amides is 1. The van der Waals surface area contributed by atoms with Gasteiger partial charge in [-0.15, -0.1) is 0 Å². The first-order valence-electron chi connectivity index (χ1n) is 8.46. The molecule has 0 saturated carbocycles. The average Bonchev–Trinajstić information content (AvgIpc) is 3.21. The number of hydrogen-bond donors (Lipinski definition) is 1. The molecule has 1 aliphatic rings. The summed E-state index contributed by atoms with van der Waals surface area (Å²) in [7, 11) is 0. The molecule has 0 bridgehead atoms. The molecule has 1 atom stereocenters. The van der Waals surface area contributed by atoms with E-state index in [0.717, 1.165) is 0 Å². The molecule has 1 N–H and O–H groups in total. The van der Waals surface area contributed by atoms with Crippen molar-refractivity contribution in [3.05, 3.63) is 35.7 Å². The summed E-state index contributed by atoms with van der Waals surface area (Å²) in [5.41, 5.74) is 0.519. The third-order valence-electron chi connectivity index (χ3n) is 4.23. The Bertz CT molecular complexity index is 835. The van der Waals surface area contributed by atoms with Gasteiger partial charge in [-0.2, -0.15) is 18.2 Å². The van der Waals surface area contributed by atoms with Crippen LogP contribution < -0.4 is 5.32 Å². The summed E-state index contributed by atoms with van der Waals surface area (Å²) in [6.07, 6.45) is -4.93. The number of nitrogens with one attached hydrogen (secondary N) is 1. The highest BCUT2D eigenvalue weighted by atomic mass is 19.4. The van der Waals surface area contributed by atoms with Gasteiger partial charge in [0, 0.05) is 36.7 Å². The van der Waals surface area contributed by atoms with E-state index in [0.29, 0.717) is 6.54 Å². The van der Waals surface area contributed by atoms with Crippen molar-refractivity contribution in [1.29, 1.82) is 0 Å². The summed E-state index contributed by atoms with van der Waals surface area (Å²) in [6, 6.07) is 5.25. The van der Waals surface area contributed by atoms with Gasteiger partial charge in [0.25, 0.3) is 11.8 Å². The van der Waals surface area contributed by atoms with Crippen LogP contribution in [0.15, 0.2) is 28.8 Å². The second-order valence-corrected chi connectivity index (χ2v) is 6.71. The standard InChI is InChI=1S/C17H17F5N4O2/c1-10(8-26-7-6-16(18,19)9-26)23-14(27)12-4-2-11(3-5-12)13-24-15(28-25-13)17(20,21)22/h2-5,10H,6-9H2,1H3,(H,23,27)/t10-/m1/s1. The lowest BCUT2D eigenvalue weighted by molar-refractivity contribution is -0.159. The van der Waals surface area contributed by atoms with Crippen molar-refractivity contribution in [2.45, 2.75) is 31.5 Å². The maximum Gasteiger partial charge on any atom is 0.471 e.